The summed E-state index contributed by atoms with van der Waals surface area (Å²) in [5.74, 6) is 0. The van der Waals surface area contributed by atoms with Crippen molar-refractivity contribution in [3.8, 4) is 17.2 Å². The van der Waals surface area contributed by atoms with Crippen molar-refractivity contribution in [1.29, 1.82) is 5.26 Å². The second-order valence-electron chi connectivity index (χ2n) is 12.1. The zero-order valence-corrected chi connectivity index (χ0v) is 32.0. The molecule has 0 aliphatic carbocycles. The molecule has 0 atom stereocenters. The van der Waals surface area contributed by atoms with Gasteiger partial charge in [-0.3, -0.25) is 18.4 Å². The predicted octanol–water partition coefficient (Wildman–Crippen LogP) is 7.28. The average molecular weight is 850 g/mol. The number of nitrogen functional groups attached to an aromatic ring is 1. The first-order chi connectivity index (χ1) is 26.2. The SMILES string of the molecule is N#Cc1c(N)sc(N=Nc2ccc3cc(S(=O)(=O)Nc4cc(S(=O)(=O)O)c5cc(S(=O)(=O)O)cc(S(=O)(=O)O)c5c4)ccc3c2)c1-c1ccc2ccccc2c1. The van der Waals surface area contributed by atoms with Crippen LogP contribution in [0.2, 0.25) is 0 Å². The van der Waals surface area contributed by atoms with Crippen LogP contribution < -0.4 is 10.5 Å². The molecule has 0 aliphatic rings. The van der Waals surface area contributed by atoms with E-state index in [4.69, 9.17) is 5.73 Å². The Morgan fingerprint density at radius 3 is 1.91 bits per heavy atom. The van der Waals surface area contributed by atoms with Gasteiger partial charge in [0.25, 0.3) is 40.4 Å². The fraction of sp³-hybridized carbons (Fsp3) is 0. The van der Waals surface area contributed by atoms with E-state index in [1.807, 2.05) is 42.5 Å². The normalized spacial score (nSPS) is 12.8. The minimum atomic E-state index is -5.32. The molecule has 7 aromatic rings. The highest BCUT2D eigenvalue weighted by Crippen LogP contribution is 2.45. The third-order valence-corrected chi connectivity index (χ3v) is 13.4. The molecule has 0 fully saturated rings. The molecule has 0 spiro atoms. The molecule has 16 nitrogen and oxygen atoms in total. The van der Waals surface area contributed by atoms with Crippen molar-refractivity contribution in [1.82, 2.24) is 0 Å². The maximum absolute atomic E-state index is 13.5. The molecule has 56 heavy (non-hydrogen) atoms. The van der Waals surface area contributed by atoms with E-state index in [-0.39, 0.29) is 15.5 Å². The number of nitriles is 1. The van der Waals surface area contributed by atoms with Gasteiger partial charge in [0, 0.05) is 16.3 Å². The number of thiophene rings is 1. The van der Waals surface area contributed by atoms with Crippen molar-refractivity contribution in [2.24, 2.45) is 10.2 Å². The fourth-order valence-corrected chi connectivity index (χ4v) is 9.98. The lowest BCUT2D eigenvalue weighted by atomic mass is 10.00. The predicted molar refractivity (Wildman–Crippen MR) is 209 cm³/mol. The number of hydrogen-bond donors (Lipinski definition) is 5. The number of azo groups is 1. The smallest absolute Gasteiger partial charge is 0.295 e. The third kappa shape index (κ3) is 7.42. The molecule has 0 aliphatic heterocycles. The van der Waals surface area contributed by atoms with Gasteiger partial charge in [-0.15, -0.1) is 10.2 Å². The first kappa shape index (κ1) is 38.4. The first-order valence-corrected chi connectivity index (χ1v) is 22.2. The minimum absolute atomic E-state index is 0.267. The highest BCUT2D eigenvalue weighted by atomic mass is 32.2. The Kier molecular flexibility index (Phi) is 9.42. The van der Waals surface area contributed by atoms with E-state index < -0.39 is 71.5 Å². The highest BCUT2D eigenvalue weighted by Gasteiger charge is 2.27. The van der Waals surface area contributed by atoms with Crippen LogP contribution in [0.15, 0.2) is 133 Å². The highest BCUT2D eigenvalue weighted by molar-refractivity contribution is 7.92. The largest absolute Gasteiger partial charge is 0.389 e. The Hall–Kier alpha value is -5.83. The summed E-state index contributed by atoms with van der Waals surface area (Å²) >= 11 is 1.10. The van der Waals surface area contributed by atoms with Crippen molar-refractivity contribution in [2.45, 2.75) is 19.6 Å². The molecular weight excluding hydrogens is 827 g/mol. The number of nitrogens with one attached hydrogen (secondary N) is 1. The van der Waals surface area contributed by atoms with E-state index in [9.17, 15) is 52.6 Å². The van der Waals surface area contributed by atoms with E-state index in [1.165, 1.54) is 18.2 Å². The number of anilines is 2. The summed E-state index contributed by atoms with van der Waals surface area (Å²) in [5, 5.41) is 20.7. The molecule has 0 saturated carbocycles. The van der Waals surface area contributed by atoms with Gasteiger partial charge in [0.2, 0.25) is 0 Å². The van der Waals surface area contributed by atoms with Gasteiger partial charge >= 0.3 is 0 Å². The van der Waals surface area contributed by atoms with Crippen molar-refractivity contribution in [3.05, 3.63) is 109 Å². The number of sulfonamides is 1. The monoisotopic (exact) mass is 849 g/mol. The van der Waals surface area contributed by atoms with Crippen LogP contribution >= 0.6 is 11.3 Å². The Labute approximate surface area is 322 Å². The molecule has 6 aromatic carbocycles. The zero-order chi connectivity index (χ0) is 40.4. The van der Waals surface area contributed by atoms with Gasteiger partial charge in [0.1, 0.15) is 25.9 Å². The molecule has 0 bridgehead atoms. The van der Waals surface area contributed by atoms with Gasteiger partial charge in [0.15, 0.2) is 0 Å². The molecule has 6 N–H and O–H groups in total. The summed E-state index contributed by atoms with van der Waals surface area (Å²) in [5.41, 5.74) is 7.48. The molecule has 0 saturated heterocycles. The molecule has 1 aromatic heterocycles. The van der Waals surface area contributed by atoms with Crippen LogP contribution in [0.3, 0.4) is 0 Å². The fourth-order valence-electron chi connectivity index (χ4n) is 5.99. The molecular formula is C35H23N5O11S5. The number of hydrogen-bond acceptors (Lipinski definition) is 13. The van der Waals surface area contributed by atoms with Crippen LogP contribution in [0, 0.1) is 11.3 Å². The quantitative estimate of drug-likeness (QED) is 0.0706. The Morgan fingerprint density at radius 2 is 1.23 bits per heavy atom. The Morgan fingerprint density at radius 1 is 0.625 bits per heavy atom. The topological polar surface area (TPSA) is 284 Å². The summed E-state index contributed by atoms with van der Waals surface area (Å²) < 4.78 is 131. The van der Waals surface area contributed by atoms with Crippen molar-refractivity contribution < 1.29 is 47.3 Å². The molecule has 0 radical (unpaired) electrons. The van der Waals surface area contributed by atoms with Gasteiger partial charge in [-0.1, -0.05) is 59.9 Å². The number of nitrogens with zero attached hydrogens (tertiary/aromatic N) is 3. The molecule has 7 rings (SSSR count). The van der Waals surface area contributed by atoms with Gasteiger partial charge in [-0.2, -0.15) is 30.5 Å². The molecule has 284 valence electrons. The lowest BCUT2D eigenvalue weighted by Crippen LogP contribution is -2.14. The summed E-state index contributed by atoms with van der Waals surface area (Å²) in [6.07, 6.45) is 0. The number of benzene rings is 6. The van der Waals surface area contributed by atoms with Gasteiger partial charge in [-0.25, -0.2) is 8.42 Å². The number of rotatable bonds is 9. The van der Waals surface area contributed by atoms with Crippen LogP contribution in [0.4, 0.5) is 21.4 Å². The standard InChI is InChI=1S/C35H23N5O11S5/c36-18-30-33(23-6-5-19-3-1-2-4-20(19)11-23)35(52-34(30)37)39-38-24-9-7-22-13-26(10-8-21(22)12-24)53(41,42)40-25-14-28-29(31(15-25)55(46,47)48)16-27(54(43,44)45)17-32(28)56(49,50)51/h1-17,40H,37H2,(H,43,44,45)(H,46,47,48)(H,49,50,51). The summed E-state index contributed by atoms with van der Waals surface area (Å²) in [7, 11) is -20.4. The Balaban J connectivity index is 1.23. The first-order valence-electron chi connectivity index (χ1n) is 15.6. The number of nitrogens with two attached hydrogens (primary N) is 1. The van der Waals surface area contributed by atoms with Gasteiger partial charge in [0.05, 0.1) is 26.7 Å². The average Bonchev–Trinajstić information content (AvgIpc) is 3.45. The number of fused-ring (bicyclic) bond motifs is 3. The second kappa shape index (κ2) is 13.7. The van der Waals surface area contributed by atoms with E-state index in [0.717, 1.165) is 33.7 Å². The van der Waals surface area contributed by atoms with Crippen molar-refractivity contribution >= 4 is 105 Å². The third-order valence-electron chi connectivity index (χ3n) is 8.50. The Bertz CT molecular complexity index is 3360. The second-order valence-corrected chi connectivity index (χ2v) is 19.0. The molecule has 21 heteroatoms. The summed E-state index contributed by atoms with van der Waals surface area (Å²) in [4.78, 5) is -3.80. The van der Waals surface area contributed by atoms with E-state index in [1.54, 1.807) is 18.2 Å². The molecule has 0 unspecified atom stereocenters. The maximum atomic E-state index is 13.5. The lowest BCUT2D eigenvalue weighted by Gasteiger charge is -2.14. The van der Waals surface area contributed by atoms with Crippen LogP contribution in [0.25, 0.3) is 43.4 Å². The van der Waals surface area contributed by atoms with Crippen LogP contribution in [-0.2, 0) is 40.4 Å². The van der Waals surface area contributed by atoms with Crippen LogP contribution in [0.5, 0.6) is 0 Å². The van der Waals surface area contributed by atoms with Gasteiger partial charge in [-0.05, 0) is 81.7 Å². The van der Waals surface area contributed by atoms with E-state index >= 15 is 0 Å². The lowest BCUT2D eigenvalue weighted by molar-refractivity contribution is 0.478. The maximum Gasteiger partial charge on any atom is 0.295 e. The molecule has 1 heterocycles. The van der Waals surface area contributed by atoms with Crippen LogP contribution in [-0.4, -0.2) is 47.3 Å². The minimum Gasteiger partial charge on any atom is -0.389 e. The van der Waals surface area contributed by atoms with E-state index in [2.05, 4.69) is 21.0 Å². The van der Waals surface area contributed by atoms with Crippen molar-refractivity contribution in [3.63, 3.8) is 0 Å². The summed E-state index contributed by atoms with van der Waals surface area (Å²) in [6.45, 7) is 0. The van der Waals surface area contributed by atoms with E-state index in [0.29, 0.717) is 45.2 Å². The molecule has 0 amide bonds. The van der Waals surface area contributed by atoms with Crippen molar-refractivity contribution in [2.75, 3.05) is 10.5 Å². The van der Waals surface area contributed by atoms with Crippen LogP contribution in [0.1, 0.15) is 5.56 Å². The van der Waals surface area contributed by atoms with Gasteiger partial charge < -0.3 is 5.73 Å². The summed E-state index contributed by atoms with van der Waals surface area (Å²) in [6, 6.07) is 26.6. The zero-order valence-electron chi connectivity index (χ0n) is 27.9.